The number of carbonyl (C=O) groups is 2. The van der Waals surface area contributed by atoms with E-state index in [1.165, 1.54) is 10.6 Å². The Labute approximate surface area is 264 Å². The summed E-state index contributed by atoms with van der Waals surface area (Å²) in [6, 6.07) is 24.4. The highest BCUT2D eigenvalue weighted by Gasteiger charge is 2.32. The van der Waals surface area contributed by atoms with Gasteiger partial charge in [0.1, 0.15) is 6.04 Å². The summed E-state index contributed by atoms with van der Waals surface area (Å²) in [7, 11) is -3.55. The van der Waals surface area contributed by atoms with E-state index < -0.39 is 16.1 Å². The molecule has 1 aliphatic rings. The number of rotatable bonds is 14. The highest BCUT2D eigenvalue weighted by atomic mass is 79.9. The van der Waals surface area contributed by atoms with Gasteiger partial charge in [0.15, 0.2) is 0 Å². The molecule has 0 spiro atoms. The van der Waals surface area contributed by atoms with Crippen LogP contribution in [-0.4, -0.2) is 50.0 Å². The largest absolute Gasteiger partial charge is 0.352 e. The number of hydrogen-bond donors (Lipinski definition) is 1. The molecule has 1 N–H and O–H groups in total. The van der Waals surface area contributed by atoms with Gasteiger partial charge < -0.3 is 10.2 Å². The summed E-state index contributed by atoms with van der Waals surface area (Å²) >= 11 is 3.53. The monoisotopic (exact) mass is 667 g/mol. The van der Waals surface area contributed by atoms with E-state index in [1.54, 1.807) is 4.90 Å². The molecule has 0 aromatic heterocycles. The maximum Gasteiger partial charge on any atom is 0.243 e. The molecule has 4 rings (SSSR count). The second kappa shape index (κ2) is 15.5. The van der Waals surface area contributed by atoms with Gasteiger partial charge in [-0.1, -0.05) is 90.3 Å². The maximum absolute atomic E-state index is 14.0. The van der Waals surface area contributed by atoms with Crippen molar-refractivity contribution in [2.24, 2.45) is 0 Å². The third kappa shape index (κ3) is 9.66. The smallest absolute Gasteiger partial charge is 0.243 e. The Kier molecular flexibility index (Phi) is 11.8. The Morgan fingerprint density at radius 1 is 0.930 bits per heavy atom. The SMILES string of the molecule is CCc1ccc(N(CCCC(=O)N(Cc2cccc(Br)c2)C(Cc2ccccc2)C(=O)NC2CCCC2)S(C)(=O)=O)cc1. The number of halogens is 1. The van der Waals surface area contributed by atoms with Crippen molar-refractivity contribution in [3.8, 4) is 0 Å². The van der Waals surface area contributed by atoms with Crippen molar-refractivity contribution in [2.45, 2.75) is 76.9 Å². The fourth-order valence-corrected chi connectivity index (χ4v) is 7.07. The van der Waals surface area contributed by atoms with Gasteiger partial charge in [-0.3, -0.25) is 13.9 Å². The number of anilines is 1. The zero-order valence-corrected chi connectivity index (χ0v) is 27.4. The Balaban J connectivity index is 1.57. The van der Waals surface area contributed by atoms with E-state index in [1.807, 2.05) is 85.8 Å². The van der Waals surface area contributed by atoms with Crippen molar-refractivity contribution < 1.29 is 18.0 Å². The first kappa shape index (κ1) is 32.7. The fraction of sp³-hybridized carbons (Fsp3) is 0.412. The minimum Gasteiger partial charge on any atom is -0.352 e. The van der Waals surface area contributed by atoms with Crippen LogP contribution in [-0.2, 0) is 39.0 Å². The normalized spacial score (nSPS) is 14.3. The minimum absolute atomic E-state index is 0.106. The molecular formula is C34H42BrN3O4S. The number of nitrogens with zero attached hydrogens (tertiary/aromatic N) is 2. The number of sulfonamides is 1. The zero-order valence-electron chi connectivity index (χ0n) is 25.0. The lowest BCUT2D eigenvalue weighted by molar-refractivity contribution is -0.141. The molecule has 1 fully saturated rings. The highest BCUT2D eigenvalue weighted by molar-refractivity contribution is 9.10. The number of carbonyl (C=O) groups excluding carboxylic acids is 2. The molecule has 230 valence electrons. The Bertz CT molecular complexity index is 1460. The predicted octanol–water partition coefficient (Wildman–Crippen LogP) is 6.26. The summed E-state index contributed by atoms with van der Waals surface area (Å²) in [4.78, 5) is 29.6. The Morgan fingerprint density at radius 2 is 1.60 bits per heavy atom. The van der Waals surface area contributed by atoms with Gasteiger partial charge in [0.25, 0.3) is 0 Å². The molecule has 43 heavy (non-hydrogen) atoms. The molecule has 0 radical (unpaired) electrons. The first-order valence-corrected chi connectivity index (χ1v) is 17.7. The average Bonchev–Trinajstić information content (AvgIpc) is 3.50. The first-order chi connectivity index (χ1) is 20.6. The molecule has 0 aliphatic heterocycles. The number of hydrogen-bond acceptors (Lipinski definition) is 4. The molecule has 0 saturated heterocycles. The van der Waals surface area contributed by atoms with Crippen LogP contribution in [0.2, 0.25) is 0 Å². The van der Waals surface area contributed by atoms with Gasteiger partial charge >= 0.3 is 0 Å². The van der Waals surface area contributed by atoms with Crippen LogP contribution in [0.15, 0.2) is 83.3 Å². The number of aryl methyl sites for hydroxylation is 1. The van der Waals surface area contributed by atoms with Crippen LogP contribution in [0.1, 0.15) is 62.1 Å². The van der Waals surface area contributed by atoms with Crippen LogP contribution in [0.4, 0.5) is 5.69 Å². The van der Waals surface area contributed by atoms with Crippen LogP contribution in [0, 0.1) is 0 Å². The van der Waals surface area contributed by atoms with Crippen molar-refractivity contribution >= 4 is 43.5 Å². The highest BCUT2D eigenvalue weighted by Crippen LogP contribution is 2.23. The van der Waals surface area contributed by atoms with Crippen molar-refractivity contribution in [3.05, 3.63) is 100 Å². The van der Waals surface area contributed by atoms with Crippen LogP contribution in [0.5, 0.6) is 0 Å². The van der Waals surface area contributed by atoms with Crippen LogP contribution in [0.25, 0.3) is 0 Å². The molecule has 0 bridgehead atoms. The quantitative estimate of drug-likeness (QED) is 0.220. The Morgan fingerprint density at radius 3 is 2.23 bits per heavy atom. The summed E-state index contributed by atoms with van der Waals surface area (Å²) in [6.45, 7) is 2.48. The number of nitrogens with one attached hydrogen (secondary N) is 1. The number of amides is 2. The summed E-state index contributed by atoms with van der Waals surface area (Å²) in [6.07, 6.45) is 6.94. The molecule has 0 heterocycles. The van der Waals surface area contributed by atoms with Gasteiger partial charge in [-0.15, -0.1) is 0 Å². The molecule has 2 amide bonds. The molecule has 9 heteroatoms. The third-order valence-corrected chi connectivity index (χ3v) is 9.69. The molecule has 1 aliphatic carbocycles. The summed E-state index contributed by atoms with van der Waals surface area (Å²) in [5, 5.41) is 3.23. The maximum atomic E-state index is 14.0. The van der Waals surface area contributed by atoms with E-state index in [0.29, 0.717) is 18.5 Å². The standard InChI is InChI=1S/C34H42BrN3O4S/c1-3-26-18-20-31(21-19-26)38(43(2,41)42)22-10-17-33(39)37(25-28-13-9-14-29(35)23-28)32(24-27-11-5-4-6-12-27)34(40)36-30-15-7-8-16-30/h4-6,9,11-14,18-21,23,30,32H,3,7-8,10,15-17,22,24-25H2,1-2H3,(H,36,40). The van der Waals surface area contributed by atoms with Crippen molar-refractivity contribution in [1.29, 1.82) is 0 Å². The summed E-state index contributed by atoms with van der Waals surface area (Å²) in [5.74, 6) is -0.329. The first-order valence-electron chi connectivity index (χ1n) is 15.1. The van der Waals surface area contributed by atoms with Gasteiger partial charge in [0.2, 0.25) is 21.8 Å². The third-order valence-electron chi connectivity index (χ3n) is 8.00. The lowest BCUT2D eigenvalue weighted by atomic mass is 10.0. The van der Waals surface area contributed by atoms with Crippen LogP contribution >= 0.6 is 15.9 Å². The predicted molar refractivity (Wildman–Crippen MR) is 176 cm³/mol. The van der Waals surface area contributed by atoms with Gasteiger partial charge in [-0.2, -0.15) is 0 Å². The second-order valence-corrected chi connectivity index (χ2v) is 14.1. The molecule has 7 nitrogen and oxygen atoms in total. The summed E-state index contributed by atoms with van der Waals surface area (Å²) < 4.78 is 27.7. The molecular weight excluding hydrogens is 626 g/mol. The molecule has 3 aromatic rings. The molecule has 1 atom stereocenters. The van der Waals surface area contributed by atoms with E-state index >= 15 is 0 Å². The van der Waals surface area contributed by atoms with E-state index in [-0.39, 0.29) is 37.4 Å². The zero-order chi connectivity index (χ0) is 30.8. The number of benzene rings is 3. The lowest BCUT2D eigenvalue weighted by Crippen LogP contribution is -2.52. The fourth-order valence-electron chi connectivity index (χ4n) is 5.66. The average molecular weight is 669 g/mol. The second-order valence-electron chi connectivity index (χ2n) is 11.3. The van der Waals surface area contributed by atoms with Gasteiger partial charge in [-0.25, -0.2) is 8.42 Å². The molecule has 1 saturated carbocycles. The summed E-state index contributed by atoms with van der Waals surface area (Å²) in [5.41, 5.74) is 3.58. The van der Waals surface area contributed by atoms with Crippen molar-refractivity contribution in [1.82, 2.24) is 10.2 Å². The molecule has 1 unspecified atom stereocenters. The van der Waals surface area contributed by atoms with E-state index in [9.17, 15) is 18.0 Å². The van der Waals surface area contributed by atoms with Gasteiger partial charge in [0, 0.05) is 36.4 Å². The minimum atomic E-state index is -3.55. The Hall–Kier alpha value is -3.17. The van der Waals surface area contributed by atoms with Crippen molar-refractivity contribution in [2.75, 3.05) is 17.1 Å². The topological polar surface area (TPSA) is 86.8 Å². The van der Waals surface area contributed by atoms with Crippen molar-refractivity contribution in [3.63, 3.8) is 0 Å². The van der Waals surface area contributed by atoms with Gasteiger partial charge in [0.05, 0.1) is 11.9 Å². The lowest BCUT2D eigenvalue weighted by Gasteiger charge is -2.33. The van der Waals surface area contributed by atoms with Crippen LogP contribution in [0.3, 0.4) is 0 Å². The van der Waals surface area contributed by atoms with E-state index in [4.69, 9.17) is 0 Å². The van der Waals surface area contributed by atoms with E-state index in [0.717, 1.165) is 53.3 Å². The van der Waals surface area contributed by atoms with E-state index in [2.05, 4.69) is 21.2 Å². The molecule has 3 aromatic carbocycles. The van der Waals surface area contributed by atoms with Crippen LogP contribution < -0.4 is 9.62 Å². The van der Waals surface area contributed by atoms with Gasteiger partial charge in [-0.05, 0) is 66.6 Å².